The Balaban J connectivity index is 1.86. The van der Waals surface area contributed by atoms with E-state index in [4.69, 9.17) is 5.26 Å². The fourth-order valence-electron chi connectivity index (χ4n) is 2.00. The van der Waals surface area contributed by atoms with Crippen LogP contribution in [-0.2, 0) is 13.1 Å². The van der Waals surface area contributed by atoms with Gasteiger partial charge in [-0.25, -0.2) is 0 Å². The highest BCUT2D eigenvalue weighted by Crippen LogP contribution is 2.09. The van der Waals surface area contributed by atoms with Gasteiger partial charge in [0.1, 0.15) is 18.2 Å². The molecule has 0 saturated carbocycles. The molecule has 0 saturated heterocycles. The maximum Gasteiger partial charge on any atom is 0.147 e. The van der Waals surface area contributed by atoms with Gasteiger partial charge in [-0.2, -0.15) is 5.26 Å². The van der Waals surface area contributed by atoms with Crippen LogP contribution in [0.2, 0.25) is 0 Å². The lowest BCUT2D eigenvalue weighted by molar-refractivity contribution is 0.206. The number of nitrogens with zero attached hydrogens (tertiary/aromatic N) is 5. The van der Waals surface area contributed by atoms with E-state index >= 15 is 0 Å². The molecule has 6 nitrogen and oxygen atoms in total. The molecule has 2 heterocycles. The fraction of sp³-hybridized carbons (Fsp3) is 0.727. The summed E-state index contributed by atoms with van der Waals surface area (Å²) in [6, 6.07) is 2.21. The normalized spacial score (nSPS) is 17.4. The van der Waals surface area contributed by atoms with Crippen molar-refractivity contribution in [2.75, 3.05) is 19.6 Å². The van der Waals surface area contributed by atoms with Gasteiger partial charge < -0.3 is 9.88 Å². The zero-order valence-corrected chi connectivity index (χ0v) is 10.1. The second-order valence-electron chi connectivity index (χ2n) is 4.31. The molecule has 1 aromatic rings. The SMILES string of the molecule is CCCNC(C#N)CN1CCn2cnnc2C1. The predicted molar refractivity (Wildman–Crippen MR) is 63.0 cm³/mol. The summed E-state index contributed by atoms with van der Waals surface area (Å²) >= 11 is 0. The first kappa shape index (κ1) is 12.0. The average molecular weight is 234 g/mol. The van der Waals surface area contributed by atoms with Gasteiger partial charge in [0.15, 0.2) is 0 Å². The summed E-state index contributed by atoms with van der Waals surface area (Å²) in [5.41, 5.74) is 0. The van der Waals surface area contributed by atoms with E-state index in [0.717, 1.165) is 45.0 Å². The van der Waals surface area contributed by atoms with Crippen LogP contribution in [0.25, 0.3) is 0 Å². The van der Waals surface area contributed by atoms with Crippen LogP contribution in [0.5, 0.6) is 0 Å². The number of nitrogens with one attached hydrogen (secondary N) is 1. The van der Waals surface area contributed by atoms with Gasteiger partial charge in [0.05, 0.1) is 12.6 Å². The van der Waals surface area contributed by atoms with Crippen molar-refractivity contribution in [1.82, 2.24) is 25.0 Å². The van der Waals surface area contributed by atoms with E-state index in [1.807, 2.05) is 0 Å². The van der Waals surface area contributed by atoms with E-state index in [2.05, 4.69) is 38.0 Å². The molecule has 0 aromatic carbocycles. The Labute approximate surface area is 101 Å². The third-order valence-corrected chi connectivity index (χ3v) is 2.96. The number of fused-ring (bicyclic) bond motifs is 1. The van der Waals surface area contributed by atoms with Crippen molar-refractivity contribution in [3.63, 3.8) is 0 Å². The molecule has 92 valence electrons. The van der Waals surface area contributed by atoms with Crippen LogP contribution < -0.4 is 5.32 Å². The van der Waals surface area contributed by atoms with Crippen molar-refractivity contribution in [2.24, 2.45) is 0 Å². The molecule has 0 radical (unpaired) electrons. The lowest BCUT2D eigenvalue weighted by Gasteiger charge is -2.28. The molecule has 1 unspecified atom stereocenters. The van der Waals surface area contributed by atoms with Crippen LogP contribution in [0, 0.1) is 11.3 Å². The Morgan fingerprint density at radius 1 is 1.59 bits per heavy atom. The van der Waals surface area contributed by atoms with Crippen molar-refractivity contribution in [1.29, 1.82) is 5.26 Å². The van der Waals surface area contributed by atoms with Gasteiger partial charge in [-0.3, -0.25) is 4.90 Å². The van der Waals surface area contributed by atoms with Gasteiger partial charge in [-0.1, -0.05) is 6.92 Å². The highest BCUT2D eigenvalue weighted by atomic mass is 15.3. The molecular formula is C11H18N6. The summed E-state index contributed by atoms with van der Waals surface area (Å²) in [6.07, 6.45) is 2.82. The van der Waals surface area contributed by atoms with Gasteiger partial charge in [-0.15, -0.1) is 10.2 Å². The van der Waals surface area contributed by atoms with E-state index in [1.165, 1.54) is 0 Å². The van der Waals surface area contributed by atoms with Crippen molar-refractivity contribution in [3.8, 4) is 6.07 Å². The maximum atomic E-state index is 9.07. The second-order valence-corrected chi connectivity index (χ2v) is 4.31. The van der Waals surface area contributed by atoms with E-state index in [-0.39, 0.29) is 6.04 Å². The number of nitriles is 1. The minimum absolute atomic E-state index is 0.0931. The second kappa shape index (κ2) is 5.75. The molecule has 1 aliphatic heterocycles. The quantitative estimate of drug-likeness (QED) is 0.775. The van der Waals surface area contributed by atoms with Gasteiger partial charge >= 0.3 is 0 Å². The fourth-order valence-corrected chi connectivity index (χ4v) is 2.00. The van der Waals surface area contributed by atoms with Crippen LogP contribution in [0.15, 0.2) is 6.33 Å². The predicted octanol–water partition coefficient (Wildman–Crippen LogP) is -0.0145. The molecule has 1 N–H and O–H groups in total. The molecule has 6 heteroatoms. The smallest absolute Gasteiger partial charge is 0.147 e. The van der Waals surface area contributed by atoms with Crippen LogP contribution in [0.3, 0.4) is 0 Å². The first-order valence-corrected chi connectivity index (χ1v) is 6.05. The highest BCUT2D eigenvalue weighted by Gasteiger charge is 2.20. The molecule has 1 aromatic heterocycles. The maximum absolute atomic E-state index is 9.07. The van der Waals surface area contributed by atoms with Crippen LogP contribution in [0.4, 0.5) is 0 Å². The summed E-state index contributed by atoms with van der Waals surface area (Å²) in [4.78, 5) is 2.25. The summed E-state index contributed by atoms with van der Waals surface area (Å²) in [7, 11) is 0. The summed E-state index contributed by atoms with van der Waals surface area (Å²) in [6.45, 7) is 6.40. The van der Waals surface area contributed by atoms with Crippen molar-refractivity contribution >= 4 is 0 Å². The monoisotopic (exact) mass is 234 g/mol. The number of rotatable bonds is 5. The molecule has 1 atom stereocenters. The van der Waals surface area contributed by atoms with Crippen LogP contribution in [0.1, 0.15) is 19.2 Å². The molecule has 2 rings (SSSR count). The standard InChI is InChI=1S/C11H18N6/c1-2-3-13-10(6-12)7-16-4-5-17-9-14-15-11(17)8-16/h9-10,13H,2-5,7-8H2,1H3. The zero-order valence-electron chi connectivity index (χ0n) is 10.1. The molecule has 0 amide bonds. The topological polar surface area (TPSA) is 69.8 Å². The summed E-state index contributed by atoms with van der Waals surface area (Å²) in [5, 5.41) is 20.3. The minimum atomic E-state index is -0.0931. The lowest BCUT2D eigenvalue weighted by atomic mass is 10.2. The molecule has 0 aliphatic carbocycles. The molecular weight excluding hydrogens is 216 g/mol. The Bertz CT molecular complexity index is 393. The Hall–Kier alpha value is -1.45. The Kier molecular flexibility index (Phi) is 4.07. The van der Waals surface area contributed by atoms with Crippen molar-refractivity contribution in [2.45, 2.75) is 32.5 Å². The molecule has 17 heavy (non-hydrogen) atoms. The van der Waals surface area contributed by atoms with Gasteiger partial charge in [0.25, 0.3) is 0 Å². The highest BCUT2D eigenvalue weighted by molar-refractivity contribution is 4.95. The third kappa shape index (κ3) is 3.02. The van der Waals surface area contributed by atoms with Crippen LogP contribution >= 0.6 is 0 Å². The molecule has 0 spiro atoms. The van der Waals surface area contributed by atoms with E-state index in [9.17, 15) is 0 Å². The number of aromatic nitrogens is 3. The molecule has 0 fully saturated rings. The third-order valence-electron chi connectivity index (χ3n) is 2.96. The molecule has 1 aliphatic rings. The zero-order chi connectivity index (χ0) is 12.1. The van der Waals surface area contributed by atoms with Crippen LogP contribution in [-0.4, -0.2) is 45.3 Å². The first-order valence-electron chi connectivity index (χ1n) is 6.05. The lowest BCUT2D eigenvalue weighted by Crippen LogP contribution is -2.43. The largest absolute Gasteiger partial charge is 0.315 e. The van der Waals surface area contributed by atoms with E-state index < -0.39 is 0 Å². The average Bonchev–Trinajstić information content (AvgIpc) is 2.81. The minimum Gasteiger partial charge on any atom is -0.315 e. The van der Waals surface area contributed by atoms with Gasteiger partial charge in [-0.05, 0) is 13.0 Å². The molecule has 0 bridgehead atoms. The van der Waals surface area contributed by atoms with Crippen molar-refractivity contribution in [3.05, 3.63) is 12.2 Å². The summed E-state index contributed by atoms with van der Waals surface area (Å²) in [5.74, 6) is 0.989. The number of hydrogen-bond acceptors (Lipinski definition) is 5. The van der Waals surface area contributed by atoms with Crippen molar-refractivity contribution < 1.29 is 0 Å². The van der Waals surface area contributed by atoms with E-state index in [0.29, 0.717) is 0 Å². The van der Waals surface area contributed by atoms with E-state index in [1.54, 1.807) is 6.33 Å². The number of hydrogen-bond donors (Lipinski definition) is 1. The van der Waals surface area contributed by atoms with Gasteiger partial charge in [0, 0.05) is 19.6 Å². The Morgan fingerprint density at radius 2 is 2.47 bits per heavy atom. The van der Waals surface area contributed by atoms with Gasteiger partial charge in [0.2, 0.25) is 0 Å². The first-order chi connectivity index (χ1) is 8.33. The Morgan fingerprint density at radius 3 is 3.24 bits per heavy atom. The summed E-state index contributed by atoms with van der Waals surface area (Å²) < 4.78 is 2.07.